The summed E-state index contributed by atoms with van der Waals surface area (Å²) in [6, 6.07) is 8.68. The highest BCUT2D eigenvalue weighted by atomic mass is 16.5. The molecule has 1 aliphatic heterocycles. The first-order valence-corrected chi connectivity index (χ1v) is 8.46. The zero-order valence-corrected chi connectivity index (χ0v) is 14.4. The lowest BCUT2D eigenvalue weighted by atomic mass is 10.2. The molecule has 2 heterocycles. The van der Waals surface area contributed by atoms with Gasteiger partial charge < -0.3 is 19.6 Å². The summed E-state index contributed by atoms with van der Waals surface area (Å²) in [7, 11) is 2.13. The predicted octanol–water partition coefficient (Wildman–Crippen LogP) is 2.32. The van der Waals surface area contributed by atoms with Gasteiger partial charge in [0.25, 0.3) is 0 Å². The zero-order chi connectivity index (χ0) is 17.6. The van der Waals surface area contributed by atoms with Gasteiger partial charge in [0, 0.05) is 31.4 Å². The fourth-order valence-corrected chi connectivity index (χ4v) is 3.02. The van der Waals surface area contributed by atoms with E-state index in [9.17, 15) is 9.90 Å². The summed E-state index contributed by atoms with van der Waals surface area (Å²) in [5.41, 5.74) is 1.14. The van der Waals surface area contributed by atoms with E-state index in [-0.39, 0.29) is 11.3 Å². The number of aldehydes is 1. The first-order chi connectivity index (χ1) is 12.2. The van der Waals surface area contributed by atoms with E-state index in [1.165, 1.54) is 6.07 Å². The van der Waals surface area contributed by atoms with Crippen molar-refractivity contribution in [1.82, 2.24) is 9.88 Å². The van der Waals surface area contributed by atoms with Crippen LogP contribution in [0.15, 0.2) is 36.5 Å². The van der Waals surface area contributed by atoms with E-state index in [1.54, 1.807) is 18.3 Å². The van der Waals surface area contributed by atoms with Gasteiger partial charge in [0.05, 0.1) is 5.56 Å². The molecular formula is C19H23N3O3. The number of nitrogens with zero attached hydrogens (tertiary/aromatic N) is 3. The van der Waals surface area contributed by atoms with Crippen LogP contribution < -0.4 is 9.64 Å². The summed E-state index contributed by atoms with van der Waals surface area (Å²) in [5, 5.41) is 9.77. The number of benzene rings is 1. The topological polar surface area (TPSA) is 65.9 Å². The maximum atomic E-state index is 11.2. The smallest absolute Gasteiger partial charge is 0.157 e. The number of carbonyl (C=O) groups is 1. The number of hydrogen-bond donors (Lipinski definition) is 1. The molecule has 1 aromatic carbocycles. The highest BCUT2D eigenvalue weighted by Gasteiger charge is 2.17. The standard InChI is InChI=1S/C19H23N3O3/c1-21-9-4-10-22(12-11-21)19-15(5-3-8-20-19)14-25-18-7-2-6-17(24)16(18)13-23/h2-3,5-8,13,24H,4,9-12,14H2,1H3. The van der Waals surface area contributed by atoms with Crippen LogP contribution in [0.2, 0.25) is 0 Å². The summed E-state index contributed by atoms with van der Waals surface area (Å²) >= 11 is 0. The minimum absolute atomic E-state index is 0.0746. The molecule has 1 fully saturated rings. The van der Waals surface area contributed by atoms with Crippen molar-refractivity contribution in [3.05, 3.63) is 47.7 Å². The molecule has 25 heavy (non-hydrogen) atoms. The van der Waals surface area contributed by atoms with Crippen molar-refractivity contribution in [2.24, 2.45) is 0 Å². The number of pyridine rings is 1. The van der Waals surface area contributed by atoms with Gasteiger partial charge in [0.1, 0.15) is 23.9 Å². The molecular weight excluding hydrogens is 318 g/mol. The molecule has 0 radical (unpaired) electrons. The molecule has 0 aliphatic carbocycles. The number of likely N-dealkylation sites (N-methyl/N-ethyl adjacent to an activating group) is 1. The second-order valence-electron chi connectivity index (χ2n) is 6.23. The summed E-state index contributed by atoms with van der Waals surface area (Å²) in [5.74, 6) is 1.22. The largest absolute Gasteiger partial charge is 0.507 e. The van der Waals surface area contributed by atoms with Crippen LogP contribution in [-0.2, 0) is 6.61 Å². The Morgan fingerprint density at radius 3 is 2.92 bits per heavy atom. The van der Waals surface area contributed by atoms with Crippen LogP contribution >= 0.6 is 0 Å². The van der Waals surface area contributed by atoms with E-state index < -0.39 is 0 Å². The van der Waals surface area contributed by atoms with E-state index in [4.69, 9.17) is 4.74 Å². The van der Waals surface area contributed by atoms with E-state index in [0.717, 1.165) is 44.0 Å². The highest BCUT2D eigenvalue weighted by Crippen LogP contribution is 2.27. The zero-order valence-electron chi connectivity index (χ0n) is 14.4. The van der Waals surface area contributed by atoms with Crippen LogP contribution in [0.4, 0.5) is 5.82 Å². The van der Waals surface area contributed by atoms with Gasteiger partial charge in [-0.2, -0.15) is 0 Å². The van der Waals surface area contributed by atoms with E-state index in [2.05, 4.69) is 21.8 Å². The van der Waals surface area contributed by atoms with Crippen LogP contribution in [-0.4, -0.2) is 54.5 Å². The molecule has 6 heteroatoms. The molecule has 0 spiro atoms. The SMILES string of the molecule is CN1CCCN(c2ncccc2COc2cccc(O)c2C=O)CC1. The lowest BCUT2D eigenvalue weighted by molar-refractivity contribution is 0.111. The van der Waals surface area contributed by atoms with Crippen molar-refractivity contribution in [3.8, 4) is 11.5 Å². The minimum Gasteiger partial charge on any atom is -0.507 e. The second kappa shape index (κ2) is 7.98. The first-order valence-electron chi connectivity index (χ1n) is 8.46. The number of anilines is 1. The predicted molar refractivity (Wildman–Crippen MR) is 96.4 cm³/mol. The molecule has 0 unspecified atom stereocenters. The Hall–Kier alpha value is -2.60. The normalized spacial score (nSPS) is 15.6. The number of aromatic nitrogens is 1. The van der Waals surface area contributed by atoms with Gasteiger partial charge in [-0.15, -0.1) is 0 Å². The third kappa shape index (κ3) is 4.09. The van der Waals surface area contributed by atoms with Gasteiger partial charge in [0.15, 0.2) is 6.29 Å². The van der Waals surface area contributed by atoms with E-state index >= 15 is 0 Å². The van der Waals surface area contributed by atoms with Crippen molar-refractivity contribution >= 4 is 12.1 Å². The van der Waals surface area contributed by atoms with Gasteiger partial charge >= 0.3 is 0 Å². The van der Waals surface area contributed by atoms with Gasteiger partial charge in [0.2, 0.25) is 0 Å². The number of carbonyl (C=O) groups excluding carboxylic acids is 1. The van der Waals surface area contributed by atoms with Crippen LogP contribution in [0.25, 0.3) is 0 Å². The highest BCUT2D eigenvalue weighted by molar-refractivity contribution is 5.83. The Bertz CT molecular complexity index is 736. The molecule has 1 N–H and O–H groups in total. The average molecular weight is 341 g/mol. The lowest BCUT2D eigenvalue weighted by Gasteiger charge is -2.24. The maximum Gasteiger partial charge on any atom is 0.157 e. The van der Waals surface area contributed by atoms with Crippen LogP contribution in [0, 0.1) is 0 Å². The van der Waals surface area contributed by atoms with Gasteiger partial charge in [-0.05, 0) is 38.2 Å². The lowest BCUT2D eigenvalue weighted by Crippen LogP contribution is -2.30. The van der Waals surface area contributed by atoms with Crippen molar-refractivity contribution in [2.45, 2.75) is 13.0 Å². The Labute approximate surface area is 147 Å². The third-order valence-corrected chi connectivity index (χ3v) is 4.43. The van der Waals surface area contributed by atoms with Crippen molar-refractivity contribution in [1.29, 1.82) is 0 Å². The number of aromatic hydroxyl groups is 1. The summed E-state index contributed by atoms with van der Waals surface area (Å²) in [4.78, 5) is 20.3. The molecule has 1 aliphatic rings. The second-order valence-corrected chi connectivity index (χ2v) is 6.23. The third-order valence-electron chi connectivity index (χ3n) is 4.43. The van der Waals surface area contributed by atoms with Crippen molar-refractivity contribution < 1.29 is 14.6 Å². The summed E-state index contributed by atoms with van der Waals surface area (Å²) in [6.45, 7) is 4.26. The number of ether oxygens (including phenoxy) is 1. The van der Waals surface area contributed by atoms with E-state index in [1.807, 2.05) is 12.1 Å². The Morgan fingerprint density at radius 2 is 2.08 bits per heavy atom. The fourth-order valence-electron chi connectivity index (χ4n) is 3.02. The summed E-state index contributed by atoms with van der Waals surface area (Å²) in [6.07, 6.45) is 3.49. The molecule has 0 amide bonds. The monoisotopic (exact) mass is 341 g/mol. The fraction of sp³-hybridized carbons (Fsp3) is 0.368. The van der Waals surface area contributed by atoms with Crippen molar-refractivity contribution in [3.63, 3.8) is 0 Å². The van der Waals surface area contributed by atoms with Crippen LogP contribution in [0.5, 0.6) is 11.5 Å². The van der Waals surface area contributed by atoms with Crippen LogP contribution in [0.1, 0.15) is 22.3 Å². The first kappa shape index (κ1) is 17.2. The number of rotatable bonds is 5. The number of hydrogen-bond acceptors (Lipinski definition) is 6. The Balaban J connectivity index is 1.78. The Kier molecular flexibility index (Phi) is 5.50. The van der Waals surface area contributed by atoms with Gasteiger partial charge in [-0.25, -0.2) is 4.98 Å². The molecule has 1 saturated heterocycles. The molecule has 0 saturated carbocycles. The van der Waals surface area contributed by atoms with Gasteiger partial charge in [-0.1, -0.05) is 12.1 Å². The molecule has 3 rings (SSSR count). The molecule has 0 atom stereocenters. The molecule has 132 valence electrons. The summed E-state index contributed by atoms with van der Waals surface area (Å²) < 4.78 is 5.81. The quantitative estimate of drug-likeness (QED) is 0.842. The average Bonchev–Trinajstić information content (AvgIpc) is 2.85. The molecule has 6 nitrogen and oxygen atoms in total. The molecule has 2 aromatic rings. The maximum absolute atomic E-state index is 11.2. The molecule has 1 aromatic heterocycles. The van der Waals surface area contributed by atoms with Crippen molar-refractivity contribution in [2.75, 3.05) is 38.1 Å². The van der Waals surface area contributed by atoms with E-state index in [0.29, 0.717) is 18.6 Å². The minimum atomic E-state index is -0.0746. The van der Waals surface area contributed by atoms with Crippen LogP contribution in [0.3, 0.4) is 0 Å². The van der Waals surface area contributed by atoms with Gasteiger partial charge in [-0.3, -0.25) is 4.79 Å². The molecule has 0 bridgehead atoms. The Morgan fingerprint density at radius 1 is 1.20 bits per heavy atom. The number of phenols is 1. The number of phenolic OH excluding ortho intramolecular Hbond substituents is 1.